The Morgan fingerprint density at radius 1 is 1.17 bits per heavy atom. The molecule has 1 amide bonds. The van der Waals surface area contributed by atoms with Gasteiger partial charge in [-0.1, -0.05) is 42.7 Å². The van der Waals surface area contributed by atoms with E-state index in [-0.39, 0.29) is 11.9 Å². The second-order valence-electron chi connectivity index (χ2n) is 7.83. The van der Waals surface area contributed by atoms with Crippen molar-refractivity contribution in [1.82, 2.24) is 15.1 Å². The van der Waals surface area contributed by atoms with E-state index in [4.69, 9.17) is 4.74 Å². The Hall–Kier alpha value is -2.89. The molecule has 1 heterocycles. The van der Waals surface area contributed by atoms with Crippen LogP contribution in [-0.2, 0) is 20.9 Å². The Kier molecular flexibility index (Phi) is 6.20. The lowest BCUT2D eigenvalue weighted by Crippen LogP contribution is -2.52. The number of nitrogens with zero attached hydrogens (tertiary/aromatic N) is 2. The van der Waals surface area contributed by atoms with Gasteiger partial charge in [0.1, 0.15) is 5.54 Å². The summed E-state index contributed by atoms with van der Waals surface area (Å²) in [6, 6.07) is 8.38. The third kappa shape index (κ3) is 4.58. The van der Waals surface area contributed by atoms with Gasteiger partial charge < -0.3 is 10.1 Å². The zero-order valence-corrected chi connectivity index (χ0v) is 17.6. The SMILES string of the molecule is COC(=O)C1(NC(=O)/C=C/c2c(C)nn(Cc3ccc(C)cc3)c2C)CCCC1. The monoisotopic (exact) mass is 395 g/mol. The number of carbonyl (C=O) groups is 2. The number of aromatic nitrogens is 2. The summed E-state index contributed by atoms with van der Waals surface area (Å²) in [5.74, 6) is -0.655. The van der Waals surface area contributed by atoms with Crippen LogP contribution in [0.1, 0.15) is 53.8 Å². The molecular weight excluding hydrogens is 366 g/mol. The number of methoxy groups -OCH3 is 1. The largest absolute Gasteiger partial charge is 0.467 e. The van der Waals surface area contributed by atoms with Crippen molar-refractivity contribution in [1.29, 1.82) is 0 Å². The van der Waals surface area contributed by atoms with Crippen molar-refractivity contribution in [3.63, 3.8) is 0 Å². The first-order valence-corrected chi connectivity index (χ1v) is 10.0. The van der Waals surface area contributed by atoms with Crippen molar-refractivity contribution in [2.75, 3.05) is 7.11 Å². The standard InChI is InChI=1S/C23H29N3O3/c1-16-7-9-19(10-8-16)15-26-18(3)20(17(2)25-26)11-12-21(27)24-23(22(28)29-4)13-5-6-14-23/h7-12H,5-6,13-15H2,1-4H3,(H,24,27)/b12-11+. The molecule has 154 valence electrons. The number of carbonyl (C=O) groups excluding carboxylic acids is 2. The molecule has 29 heavy (non-hydrogen) atoms. The van der Waals surface area contributed by atoms with E-state index in [2.05, 4.69) is 41.6 Å². The molecule has 1 fully saturated rings. The number of nitrogens with one attached hydrogen (secondary N) is 1. The number of ether oxygens (including phenoxy) is 1. The summed E-state index contributed by atoms with van der Waals surface area (Å²) in [4.78, 5) is 24.7. The van der Waals surface area contributed by atoms with Gasteiger partial charge in [-0.05, 0) is 45.3 Å². The van der Waals surface area contributed by atoms with Crippen LogP contribution in [0.2, 0.25) is 0 Å². The fourth-order valence-corrected chi connectivity index (χ4v) is 3.96. The topological polar surface area (TPSA) is 73.2 Å². The fraction of sp³-hybridized carbons (Fsp3) is 0.435. The van der Waals surface area contributed by atoms with E-state index in [1.54, 1.807) is 6.08 Å². The zero-order valence-electron chi connectivity index (χ0n) is 17.6. The number of hydrogen-bond acceptors (Lipinski definition) is 4. The maximum Gasteiger partial charge on any atom is 0.331 e. The van der Waals surface area contributed by atoms with Crippen molar-refractivity contribution in [2.45, 2.75) is 58.5 Å². The van der Waals surface area contributed by atoms with Crippen molar-refractivity contribution in [2.24, 2.45) is 0 Å². The molecule has 0 saturated heterocycles. The van der Waals surface area contributed by atoms with E-state index in [1.807, 2.05) is 18.5 Å². The average Bonchev–Trinajstić information content (AvgIpc) is 3.27. The van der Waals surface area contributed by atoms with Gasteiger partial charge in [-0.25, -0.2) is 4.79 Å². The third-order valence-electron chi connectivity index (χ3n) is 5.69. The molecule has 0 bridgehead atoms. The minimum Gasteiger partial charge on any atom is -0.467 e. The van der Waals surface area contributed by atoms with Gasteiger partial charge in [-0.15, -0.1) is 0 Å². The number of aryl methyl sites for hydroxylation is 2. The van der Waals surface area contributed by atoms with Gasteiger partial charge in [0.25, 0.3) is 0 Å². The lowest BCUT2D eigenvalue weighted by atomic mass is 9.97. The molecule has 1 aromatic carbocycles. The maximum absolute atomic E-state index is 12.5. The van der Waals surface area contributed by atoms with Gasteiger partial charge in [0.15, 0.2) is 0 Å². The first-order valence-electron chi connectivity index (χ1n) is 10.0. The van der Waals surface area contributed by atoms with Gasteiger partial charge in [0.2, 0.25) is 5.91 Å². The molecule has 0 radical (unpaired) electrons. The maximum atomic E-state index is 12.5. The first-order chi connectivity index (χ1) is 13.8. The van der Waals surface area contributed by atoms with Crippen LogP contribution in [-0.4, -0.2) is 34.3 Å². The lowest BCUT2D eigenvalue weighted by molar-refractivity contribution is -0.150. The second-order valence-corrected chi connectivity index (χ2v) is 7.83. The van der Waals surface area contributed by atoms with Gasteiger partial charge in [-0.2, -0.15) is 5.10 Å². The molecule has 0 aliphatic heterocycles. The highest BCUT2D eigenvalue weighted by molar-refractivity contribution is 5.96. The number of benzene rings is 1. The molecule has 1 aromatic heterocycles. The predicted molar refractivity (Wildman–Crippen MR) is 112 cm³/mol. The quantitative estimate of drug-likeness (QED) is 0.600. The minimum absolute atomic E-state index is 0.289. The molecule has 1 N–H and O–H groups in total. The first kappa shape index (κ1) is 20.8. The molecule has 1 aliphatic rings. The molecule has 6 nitrogen and oxygen atoms in total. The fourth-order valence-electron chi connectivity index (χ4n) is 3.96. The highest BCUT2D eigenvalue weighted by Gasteiger charge is 2.43. The Bertz CT molecular complexity index is 920. The van der Waals surface area contributed by atoms with Gasteiger partial charge in [0, 0.05) is 17.3 Å². The zero-order chi connectivity index (χ0) is 21.0. The number of rotatable bonds is 6. The third-order valence-corrected chi connectivity index (χ3v) is 5.69. The Labute approximate surface area is 171 Å². The Morgan fingerprint density at radius 3 is 2.45 bits per heavy atom. The molecule has 0 unspecified atom stereocenters. The molecule has 1 aliphatic carbocycles. The smallest absolute Gasteiger partial charge is 0.331 e. The van der Waals surface area contributed by atoms with Crippen LogP contribution in [0.3, 0.4) is 0 Å². The van der Waals surface area contributed by atoms with E-state index in [0.717, 1.165) is 29.8 Å². The summed E-state index contributed by atoms with van der Waals surface area (Å²) < 4.78 is 6.86. The molecule has 0 atom stereocenters. The minimum atomic E-state index is -0.893. The van der Waals surface area contributed by atoms with E-state index < -0.39 is 5.54 Å². The van der Waals surface area contributed by atoms with Crippen LogP contribution in [0.25, 0.3) is 6.08 Å². The van der Waals surface area contributed by atoms with E-state index in [9.17, 15) is 9.59 Å². The normalized spacial score (nSPS) is 15.6. The Morgan fingerprint density at radius 2 is 1.83 bits per heavy atom. The summed E-state index contributed by atoms with van der Waals surface area (Å²) in [6.07, 6.45) is 6.30. The van der Waals surface area contributed by atoms with Crippen molar-refractivity contribution in [3.05, 3.63) is 58.4 Å². The summed E-state index contributed by atoms with van der Waals surface area (Å²) in [5.41, 5.74) is 4.29. The summed E-state index contributed by atoms with van der Waals surface area (Å²) in [6.45, 7) is 6.68. The van der Waals surface area contributed by atoms with E-state index in [0.29, 0.717) is 19.4 Å². The van der Waals surface area contributed by atoms with Gasteiger partial charge in [0.05, 0.1) is 19.3 Å². The average molecular weight is 396 g/mol. The van der Waals surface area contributed by atoms with Crippen LogP contribution in [0.15, 0.2) is 30.3 Å². The van der Waals surface area contributed by atoms with E-state index in [1.165, 1.54) is 24.3 Å². The number of amides is 1. The molecule has 0 spiro atoms. The van der Waals surface area contributed by atoms with Crippen LogP contribution in [0, 0.1) is 20.8 Å². The molecule has 6 heteroatoms. The summed E-state index contributed by atoms with van der Waals surface area (Å²) >= 11 is 0. The Balaban J connectivity index is 1.73. The molecule has 1 saturated carbocycles. The van der Waals surface area contributed by atoms with Crippen LogP contribution >= 0.6 is 0 Å². The van der Waals surface area contributed by atoms with Crippen molar-refractivity contribution < 1.29 is 14.3 Å². The summed E-state index contributed by atoms with van der Waals surface area (Å²) in [5, 5.41) is 7.50. The molecule has 2 aromatic rings. The number of esters is 1. The summed E-state index contributed by atoms with van der Waals surface area (Å²) in [7, 11) is 1.36. The van der Waals surface area contributed by atoms with E-state index >= 15 is 0 Å². The van der Waals surface area contributed by atoms with Gasteiger partial charge in [-0.3, -0.25) is 9.48 Å². The second kappa shape index (κ2) is 8.64. The van der Waals surface area contributed by atoms with Crippen LogP contribution in [0.5, 0.6) is 0 Å². The van der Waals surface area contributed by atoms with Gasteiger partial charge >= 0.3 is 5.97 Å². The van der Waals surface area contributed by atoms with Crippen molar-refractivity contribution >= 4 is 18.0 Å². The van der Waals surface area contributed by atoms with Crippen LogP contribution < -0.4 is 5.32 Å². The van der Waals surface area contributed by atoms with Crippen LogP contribution in [0.4, 0.5) is 0 Å². The van der Waals surface area contributed by atoms with Crippen molar-refractivity contribution in [3.8, 4) is 0 Å². The highest BCUT2D eigenvalue weighted by Crippen LogP contribution is 2.30. The highest BCUT2D eigenvalue weighted by atomic mass is 16.5. The lowest BCUT2D eigenvalue weighted by Gasteiger charge is -2.26. The molecule has 3 rings (SSSR count). The number of hydrogen-bond donors (Lipinski definition) is 1. The molecular formula is C23H29N3O3. The predicted octanol–water partition coefficient (Wildman–Crippen LogP) is 3.47.